The summed E-state index contributed by atoms with van der Waals surface area (Å²) in [6.45, 7) is 4.63. The summed E-state index contributed by atoms with van der Waals surface area (Å²) in [5.74, 6) is 2.61. The van der Waals surface area contributed by atoms with E-state index in [1.165, 1.54) is 19.3 Å². The first kappa shape index (κ1) is 14.3. The minimum Gasteiger partial charge on any atom is -0.396 e. The standard InChI is InChI=1S/2C9H14O/c1-9(6-10)5-7-2-3-8(9)4-7;1-2-9(10)6-7-3-4-8(9)5-7/h2-3,7-8,10H,4-6H2,1H3;3-4,7-8,10H,2,5-6H2,1H3. The van der Waals surface area contributed by atoms with Crippen LogP contribution in [-0.4, -0.2) is 22.4 Å². The van der Waals surface area contributed by atoms with Crippen LogP contribution in [0.25, 0.3) is 0 Å². The smallest absolute Gasteiger partial charge is 0.0713 e. The summed E-state index contributed by atoms with van der Waals surface area (Å²) < 4.78 is 0. The van der Waals surface area contributed by atoms with Crippen LogP contribution in [0.4, 0.5) is 0 Å². The molecule has 0 amide bonds. The van der Waals surface area contributed by atoms with E-state index in [1.807, 2.05) is 0 Å². The van der Waals surface area contributed by atoms with E-state index in [2.05, 4.69) is 38.2 Å². The summed E-state index contributed by atoms with van der Waals surface area (Å²) >= 11 is 0. The molecular weight excluding hydrogens is 248 g/mol. The van der Waals surface area contributed by atoms with Crippen molar-refractivity contribution in [2.45, 2.75) is 51.6 Å². The summed E-state index contributed by atoms with van der Waals surface area (Å²) in [5, 5.41) is 19.1. The highest BCUT2D eigenvalue weighted by Crippen LogP contribution is 2.51. The second-order valence-electron chi connectivity index (χ2n) is 7.65. The van der Waals surface area contributed by atoms with Crippen LogP contribution in [0, 0.1) is 29.1 Å². The van der Waals surface area contributed by atoms with E-state index in [1.54, 1.807) is 0 Å². The van der Waals surface area contributed by atoms with Gasteiger partial charge in [-0.2, -0.15) is 0 Å². The maximum absolute atomic E-state index is 9.94. The Kier molecular flexibility index (Phi) is 3.58. The zero-order valence-electron chi connectivity index (χ0n) is 12.8. The first-order chi connectivity index (χ1) is 9.49. The van der Waals surface area contributed by atoms with Crippen LogP contribution in [0.3, 0.4) is 0 Å². The first-order valence-electron chi connectivity index (χ1n) is 8.19. The number of aliphatic hydroxyl groups is 2. The van der Waals surface area contributed by atoms with Gasteiger partial charge in [-0.15, -0.1) is 0 Å². The number of fused-ring (bicyclic) bond motifs is 4. The molecular formula is C18H28O2. The summed E-state index contributed by atoms with van der Waals surface area (Å²) in [6.07, 6.45) is 14.6. The number of hydrogen-bond acceptors (Lipinski definition) is 2. The topological polar surface area (TPSA) is 40.5 Å². The average molecular weight is 276 g/mol. The summed E-state index contributed by atoms with van der Waals surface area (Å²) in [4.78, 5) is 0. The molecule has 0 aromatic rings. The molecule has 2 nitrogen and oxygen atoms in total. The van der Waals surface area contributed by atoms with Gasteiger partial charge in [-0.05, 0) is 55.3 Å². The van der Waals surface area contributed by atoms with Gasteiger partial charge in [0.25, 0.3) is 0 Å². The first-order valence-corrected chi connectivity index (χ1v) is 8.19. The second-order valence-corrected chi connectivity index (χ2v) is 7.65. The molecule has 6 atom stereocenters. The number of rotatable bonds is 2. The van der Waals surface area contributed by atoms with Gasteiger partial charge in [0, 0.05) is 12.5 Å². The molecule has 4 bridgehead atoms. The Morgan fingerprint density at radius 3 is 1.85 bits per heavy atom. The second kappa shape index (κ2) is 4.99. The lowest BCUT2D eigenvalue weighted by Crippen LogP contribution is -2.32. The van der Waals surface area contributed by atoms with Crippen molar-refractivity contribution in [2.75, 3.05) is 6.61 Å². The van der Waals surface area contributed by atoms with Gasteiger partial charge < -0.3 is 10.2 Å². The molecule has 0 radical (unpaired) electrons. The third kappa shape index (κ3) is 2.27. The summed E-state index contributed by atoms with van der Waals surface area (Å²) in [7, 11) is 0. The van der Waals surface area contributed by atoms with Crippen molar-refractivity contribution in [2.24, 2.45) is 29.1 Å². The van der Waals surface area contributed by atoms with Gasteiger partial charge in [-0.3, -0.25) is 0 Å². The van der Waals surface area contributed by atoms with Gasteiger partial charge in [0.2, 0.25) is 0 Å². The highest BCUT2D eigenvalue weighted by molar-refractivity contribution is 5.16. The van der Waals surface area contributed by atoms with Crippen molar-refractivity contribution in [3.05, 3.63) is 24.3 Å². The Labute approximate surface area is 122 Å². The van der Waals surface area contributed by atoms with Crippen molar-refractivity contribution in [3.8, 4) is 0 Å². The molecule has 4 rings (SSSR count). The fourth-order valence-electron chi connectivity index (χ4n) is 4.71. The number of allylic oxidation sites excluding steroid dienone is 3. The molecule has 2 saturated carbocycles. The Bertz CT molecular complexity index is 387. The molecule has 0 aromatic heterocycles. The maximum atomic E-state index is 9.94. The Morgan fingerprint density at radius 1 is 1.00 bits per heavy atom. The highest BCUT2D eigenvalue weighted by Gasteiger charge is 2.45. The molecule has 0 spiro atoms. The Morgan fingerprint density at radius 2 is 1.60 bits per heavy atom. The zero-order valence-corrected chi connectivity index (χ0v) is 12.8. The molecule has 6 unspecified atom stereocenters. The lowest BCUT2D eigenvalue weighted by molar-refractivity contribution is 0.0112. The van der Waals surface area contributed by atoms with Crippen LogP contribution in [-0.2, 0) is 0 Å². The fourth-order valence-corrected chi connectivity index (χ4v) is 4.71. The van der Waals surface area contributed by atoms with Crippen molar-refractivity contribution < 1.29 is 10.2 Å². The predicted molar refractivity (Wildman–Crippen MR) is 81.1 cm³/mol. The van der Waals surface area contributed by atoms with Gasteiger partial charge in [0.05, 0.1) is 5.60 Å². The third-order valence-corrected chi connectivity index (χ3v) is 6.25. The molecule has 20 heavy (non-hydrogen) atoms. The van der Waals surface area contributed by atoms with E-state index in [9.17, 15) is 5.11 Å². The third-order valence-electron chi connectivity index (χ3n) is 6.25. The Balaban J connectivity index is 0.000000121. The van der Waals surface area contributed by atoms with Gasteiger partial charge in [-0.25, -0.2) is 0 Å². The van der Waals surface area contributed by atoms with E-state index >= 15 is 0 Å². The van der Waals surface area contributed by atoms with Crippen molar-refractivity contribution in [1.29, 1.82) is 0 Å². The lowest BCUT2D eigenvalue weighted by Gasteiger charge is -2.28. The molecule has 2 N–H and O–H groups in total. The quantitative estimate of drug-likeness (QED) is 0.760. The van der Waals surface area contributed by atoms with Gasteiger partial charge in [0.1, 0.15) is 0 Å². The maximum Gasteiger partial charge on any atom is 0.0713 e. The van der Waals surface area contributed by atoms with Crippen LogP contribution in [0.1, 0.15) is 46.0 Å². The minimum absolute atomic E-state index is 0.222. The van der Waals surface area contributed by atoms with Crippen molar-refractivity contribution in [1.82, 2.24) is 0 Å². The minimum atomic E-state index is -0.334. The monoisotopic (exact) mass is 276 g/mol. The number of aliphatic hydroxyl groups excluding tert-OH is 1. The number of hydrogen-bond donors (Lipinski definition) is 2. The predicted octanol–water partition coefficient (Wildman–Crippen LogP) is 3.30. The molecule has 0 heterocycles. The van der Waals surface area contributed by atoms with Gasteiger partial charge >= 0.3 is 0 Å². The molecule has 2 fully saturated rings. The van der Waals surface area contributed by atoms with E-state index < -0.39 is 0 Å². The normalized spacial score (nSPS) is 50.6. The van der Waals surface area contributed by atoms with Crippen LogP contribution < -0.4 is 0 Å². The lowest BCUT2D eigenvalue weighted by atomic mass is 9.78. The molecule has 0 aromatic carbocycles. The van der Waals surface area contributed by atoms with Crippen molar-refractivity contribution in [3.63, 3.8) is 0 Å². The van der Waals surface area contributed by atoms with Crippen LogP contribution in [0.2, 0.25) is 0 Å². The van der Waals surface area contributed by atoms with E-state index in [4.69, 9.17) is 5.11 Å². The van der Waals surface area contributed by atoms with Crippen LogP contribution in [0.5, 0.6) is 0 Å². The van der Waals surface area contributed by atoms with E-state index in [0.717, 1.165) is 18.8 Å². The van der Waals surface area contributed by atoms with Gasteiger partial charge in [-0.1, -0.05) is 38.2 Å². The largest absolute Gasteiger partial charge is 0.396 e. The summed E-state index contributed by atoms with van der Waals surface area (Å²) in [6, 6.07) is 0. The highest BCUT2D eigenvalue weighted by atomic mass is 16.3. The molecule has 4 aliphatic rings. The molecule has 0 saturated heterocycles. The fraction of sp³-hybridized carbons (Fsp3) is 0.778. The molecule has 2 heteroatoms. The summed E-state index contributed by atoms with van der Waals surface area (Å²) in [5.41, 5.74) is -0.112. The van der Waals surface area contributed by atoms with E-state index in [0.29, 0.717) is 24.4 Å². The van der Waals surface area contributed by atoms with Gasteiger partial charge in [0.15, 0.2) is 0 Å². The van der Waals surface area contributed by atoms with E-state index in [-0.39, 0.29) is 11.0 Å². The van der Waals surface area contributed by atoms with Crippen LogP contribution in [0.15, 0.2) is 24.3 Å². The SMILES string of the molecule is CC1(CO)CC2C=CC1C2.CCC1(O)CC2C=CC1C2. The van der Waals surface area contributed by atoms with Crippen LogP contribution >= 0.6 is 0 Å². The molecule has 112 valence electrons. The Hall–Kier alpha value is -0.600. The zero-order chi connectivity index (χ0) is 14.4. The molecule has 0 aliphatic heterocycles. The average Bonchev–Trinajstić information content (AvgIpc) is 3.18. The van der Waals surface area contributed by atoms with Crippen molar-refractivity contribution >= 4 is 0 Å². The molecule has 4 aliphatic carbocycles.